The summed E-state index contributed by atoms with van der Waals surface area (Å²) in [4.78, 5) is 11.9. The molecule has 2 unspecified atom stereocenters. The lowest BCUT2D eigenvalue weighted by Gasteiger charge is -2.26. The molecule has 4 heteroatoms. The first kappa shape index (κ1) is 15.1. The van der Waals surface area contributed by atoms with Crippen LogP contribution in [0.5, 0.6) is 0 Å². The molecule has 0 aliphatic carbocycles. The molecule has 20 heavy (non-hydrogen) atoms. The van der Waals surface area contributed by atoms with Gasteiger partial charge in [-0.3, -0.25) is 0 Å². The number of aryl methyl sites for hydroxylation is 1. The first-order chi connectivity index (χ1) is 9.56. The number of hydrogen-bond acceptors (Lipinski definition) is 4. The van der Waals surface area contributed by atoms with E-state index >= 15 is 0 Å². The molecule has 1 aromatic heterocycles. The molecule has 0 amide bonds. The molecular formula is C16H28N4. The van der Waals surface area contributed by atoms with Crippen LogP contribution in [0.3, 0.4) is 0 Å². The molecular weight excluding hydrogens is 248 g/mol. The molecule has 1 aromatic rings. The monoisotopic (exact) mass is 276 g/mol. The highest BCUT2D eigenvalue weighted by atomic mass is 15.2. The van der Waals surface area contributed by atoms with Gasteiger partial charge in [0.05, 0.1) is 0 Å². The predicted octanol–water partition coefficient (Wildman–Crippen LogP) is 3.40. The van der Waals surface area contributed by atoms with E-state index in [4.69, 9.17) is 4.98 Å². The fourth-order valence-corrected chi connectivity index (χ4v) is 3.00. The summed E-state index contributed by atoms with van der Waals surface area (Å²) in [5.74, 6) is 3.83. The second kappa shape index (κ2) is 6.42. The molecule has 0 spiro atoms. The van der Waals surface area contributed by atoms with Crippen molar-refractivity contribution < 1.29 is 0 Å². The van der Waals surface area contributed by atoms with Crippen molar-refractivity contribution in [2.45, 2.75) is 59.9 Å². The van der Waals surface area contributed by atoms with Crippen molar-refractivity contribution >= 4 is 11.6 Å². The van der Waals surface area contributed by atoms with Gasteiger partial charge in [0.1, 0.15) is 17.5 Å². The second-order valence-corrected chi connectivity index (χ2v) is 6.06. The third kappa shape index (κ3) is 3.05. The lowest BCUT2D eigenvalue weighted by atomic mass is 10.1. The number of hydrogen-bond donors (Lipinski definition) is 1. The molecule has 0 aromatic carbocycles. The van der Waals surface area contributed by atoms with Gasteiger partial charge in [-0.25, -0.2) is 9.97 Å². The minimum atomic E-state index is 0.572. The fraction of sp³-hybridized carbons (Fsp3) is 0.750. The van der Waals surface area contributed by atoms with E-state index in [1.807, 2.05) is 0 Å². The Balaban J connectivity index is 2.35. The zero-order valence-corrected chi connectivity index (χ0v) is 13.5. The van der Waals surface area contributed by atoms with Gasteiger partial charge in [-0.2, -0.15) is 0 Å². The molecule has 112 valence electrons. The van der Waals surface area contributed by atoms with Crippen molar-refractivity contribution in [3.05, 3.63) is 11.4 Å². The Morgan fingerprint density at radius 2 is 2.00 bits per heavy atom. The third-order valence-electron chi connectivity index (χ3n) is 4.08. The number of nitrogens with zero attached hydrogens (tertiary/aromatic N) is 3. The van der Waals surface area contributed by atoms with Crippen LogP contribution in [0, 0.1) is 12.8 Å². The van der Waals surface area contributed by atoms with E-state index in [9.17, 15) is 0 Å². The Morgan fingerprint density at radius 1 is 1.25 bits per heavy atom. The summed E-state index contributed by atoms with van der Waals surface area (Å²) in [5, 5.41) is 3.45. The van der Waals surface area contributed by atoms with Crippen LogP contribution < -0.4 is 10.2 Å². The van der Waals surface area contributed by atoms with Crippen LogP contribution in [0.4, 0.5) is 11.6 Å². The van der Waals surface area contributed by atoms with Crippen LogP contribution in [-0.2, 0) is 6.42 Å². The van der Waals surface area contributed by atoms with Crippen molar-refractivity contribution in [2.24, 2.45) is 5.92 Å². The summed E-state index contributed by atoms with van der Waals surface area (Å²) < 4.78 is 0. The maximum absolute atomic E-state index is 4.80. The number of rotatable bonds is 5. The number of nitrogens with one attached hydrogen (secondary N) is 1. The third-order valence-corrected chi connectivity index (χ3v) is 4.08. The van der Waals surface area contributed by atoms with Crippen LogP contribution in [0.1, 0.15) is 51.9 Å². The summed E-state index contributed by atoms with van der Waals surface area (Å²) in [6, 6.07) is 0.572. The van der Waals surface area contributed by atoms with Crippen LogP contribution in [0.15, 0.2) is 0 Å². The van der Waals surface area contributed by atoms with Gasteiger partial charge in [-0.15, -0.1) is 0 Å². The topological polar surface area (TPSA) is 41.1 Å². The first-order valence-electron chi connectivity index (χ1n) is 7.94. The Bertz CT molecular complexity index is 458. The summed E-state index contributed by atoms with van der Waals surface area (Å²) in [6.07, 6.45) is 3.24. The Labute approximate surface area is 123 Å². The number of anilines is 2. The normalized spacial score (nSPS) is 22.4. The van der Waals surface area contributed by atoms with Crippen LogP contribution in [0.2, 0.25) is 0 Å². The minimum absolute atomic E-state index is 0.572. The minimum Gasteiger partial charge on any atom is -0.370 e. The zero-order chi connectivity index (χ0) is 14.7. The first-order valence-corrected chi connectivity index (χ1v) is 7.94. The van der Waals surface area contributed by atoms with Gasteiger partial charge in [-0.1, -0.05) is 20.8 Å². The average Bonchev–Trinajstić information content (AvgIpc) is 2.76. The van der Waals surface area contributed by atoms with E-state index < -0.39 is 0 Å². The van der Waals surface area contributed by atoms with Gasteiger partial charge in [0.2, 0.25) is 0 Å². The smallest absolute Gasteiger partial charge is 0.137 e. The van der Waals surface area contributed by atoms with Gasteiger partial charge in [-0.05, 0) is 32.6 Å². The zero-order valence-electron chi connectivity index (χ0n) is 13.5. The molecule has 0 bridgehead atoms. The quantitative estimate of drug-likeness (QED) is 0.895. The van der Waals surface area contributed by atoms with Gasteiger partial charge >= 0.3 is 0 Å². The van der Waals surface area contributed by atoms with Gasteiger partial charge < -0.3 is 10.2 Å². The van der Waals surface area contributed by atoms with Crippen molar-refractivity contribution in [3.8, 4) is 0 Å². The van der Waals surface area contributed by atoms with Crippen LogP contribution >= 0.6 is 0 Å². The van der Waals surface area contributed by atoms with Gasteiger partial charge in [0, 0.05) is 31.1 Å². The molecule has 1 fully saturated rings. The Kier molecular flexibility index (Phi) is 4.84. The molecule has 2 rings (SSSR count). The largest absolute Gasteiger partial charge is 0.370 e. The lowest BCUT2D eigenvalue weighted by molar-refractivity contribution is 0.625. The highest BCUT2D eigenvalue weighted by Crippen LogP contribution is 2.32. The fourth-order valence-electron chi connectivity index (χ4n) is 3.00. The van der Waals surface area contributed by atoms with E-state index in [-0.39, 0.29) is 0 Å². The predicted molar refractivity (Wildman–Crippen MR) is 85.5 cm³/mol. The summed E-state index contributed by atoms with van der Waals surface area (Å²) in [6.45, 7) is 13.1. The highest BCUT2D eigenvalue weighted by Gasteiger charge is 2.29. The number of aromatic nitrogens is 2. The molecule has 1 aliphatic heterocycles. The van der Waals surface area contributed by atoms with Crippen LogP contribution in [0.25, 0.3) is 0 Å². The van der Waals surface area contributed by atoms with E-state index in [1.54, 1.807) is 0 Å². The van der Waals surface area contributed by atoms with Crippen molar-refractivity contribution in [3.63, 3.8) is 0 Å². The maximum Gasteiger partial charge on any atom is 0.137 e. The van der Waals surface area contributed by atoms with Gasteiger partial charge in [0.15, 0.2) is 0 Å². The summed E-state index contributed by atoms with van der Waals surface area (Å²) >= 11 is 0. The Hall–Kier alpha value is -1.32. The highest BCUT2D eigenvalue weighted by molar-refractivity contribution is 5.59. The SMILES string of the molecule is CCCNc1nc(CC)nc(N2CC(C)CC2C)c1C. The summed E-state index contributed by atoms with van der Waals surface area (Å²) in [5.41, 5.74) is 1.19. The van der Waals surface area contributed by atoms with E-state index in [1.165, 1.54) is 12.0 Å². The van der Waals surface area contributed by atoms with Crippen molar-refractivity contribution in [1.82, 2.24) is 9.97 Å². The molecule has 0 saturated carbocycles. The summed E-state index contributed by atoms with van der Waals surface area (Å²) in [7, 11) is 0. The molecule has 4 nitrogen and oxygen atoms in total. The van der Waals surface area contributed by atoms with E-state index in [0.717, 1.165) is 49.3 Å². The molecule has 0 radical (unpaired) electrons. The molecule has 1 N–H and O–H groups in total. The molecule has 1 aliphatic rings. The molecule has 2 heterocycles. The average molecular weight is 276 g/mol. The van der Waals surface area contributed by atoms with E-state index in [0.29, 0.717) is 6.04 Å². The van der Waals surface area contributed by atoms with E-state index in [2.05, 4.69) is 49.8 Å². The standard InChI is InChI=1S/C16H28N4/c1-6-8-17-15-13(5)16(19-14(7-2)18-15)20-10-11(3)9-12(20)4/h11-12H,6-10H2,1-5H3,(H,17,18,19). The lowest BCUT2D eigenvalue weighted by Crippen LogP contribution is -2.29. The van der Waals surface area contributed by atoms with Gasteiger partial charge in [0.25, 0.3) is 0 Å². The Morgan fingerprint density at radius 3 is 2.55 bits per heavy atom. The maximum atomic E-state index is 4.80. The van der Waals surface area contributed by atoms with Crippen molar-refractivity contribution in [1.29, 1.82) is 0 Å². The molecule has 1 saturated heterocycles. The second-order valence-electron chi connectivity index (χ2n) is 6.06. The van der Waals surface area contributed by atoms with Crippen LogP contribution in [-0.4, -0.2) is 29.1 Å². The molecule has 2 atom stereocenters. The van der Waals surface area contributed by atoms with Crippen molar-refractivity contribution in [2.75, 3.05) is 23.3 Å².